The van der Waals surface area contributed by atoms with Gasteiger partial charge in [0.15, 0.2) is 0 Å². The summed E-state index contributed by atoms with van der Waals surface area (Å²) in [4.78, 5) is 30.0. The van der Waals surface area contributed by atoms with Crippen LogP contribution in [0.3, 0.4) is 0 Å². The van der Waals surface area contributed by atoms with Crippen molar-refractivity contribution in [2.75, 3.05) is 18.8 Å². The second-order valence-corrected chi connectivity index (χ2v) is 13.0. The Morgan fingerprint density at radius 2 is 1.68 bits per heavy atom. The third kappa shape index (κ3) is 10.1. The summed E-state index contributed by atoms with van der Waals surface area (Å²) >= 11 is 1.57. The first-order valence-corrected chi connectivity index (χ1v) is 15.5. The zero-order valence-corrected chi connectivity index (χ0v) is 25.3. The van der Waals surface area contributed by atoms with E-state index in [1.807, 2.05) is 51.1 Å². The summed E-state index contributed by atoms with van der Waals surface area (Å²) in [6.07, 6.45) is 6.35. The van der Waals surface area contributed by atoms with Crippen LogP contribution in [0.2, 0.25) is 0 Å². The number of nitrogens with one attached hydrogen (secondary N) is 2. The first-order chi connectivity index (χ1) is 19.0. The minimum atomic E-state index is -0.898. The summed E-state index contributed by atoms with van der Waals surface area (Å²) < 4.78 is 0. The average Bonchev–Trinajstić information content (AvgIpc) is 2.90. The molecule has 2 aromatic rings. The minimum absolute atomic E-state index is 0.00472. The maximum atomic E-state index is 13.4. The van der Waals surface area contributed by atoms with E-state index in [2.05, 4.69) is 15.5 Å². The molecule has 0 spiro atoms. The number of benzene rings is 2. The molecule has 0 radical (unpaired) electrons. The van der Waals surface area contributed by atoms with Gasteiger partial charge in [0.1, 0.15) is 5.75 Å². The van der Waals surface area contributed by atoms with E-state index in [9.17, 15) is 19.8 Å². The number of hydrogen-bond donors (Lipinski definition) is 4. The van der Waals surface area contributed by atoms with Gasteiger partial charge in [0.25, 0.3) is 5.91 Å². The monoisotopic (exact) mass is 569 g/mol. The van der Waals surface area contributed by atoms with E-state index in [1.54, 1.807) is 36.9 Å². The van der Waals surface area contributed by atoms with E-state index in [4.69, 9.17) is 0 Å². The smallest absolute Gasteiger partial charge is 0.252 e. The average molecular weight is 570 g/mol. The van der Waals surface area contributed by atoms with Gasteiger partial charge in [-0.3, -0.25) is 14.5 Å². The highest BCUT2D eigenvalue weighted by molar-refractivity contribution is 7.99. The van der Waals surface area contributed by atoms with E-state index >= 15 is 0 Å². The Balaban J connectivity index is 1.83. The molecule has 1 saturated heterocycles. The number of aliphatic hydroxyl groups excluding tert-OH is 1. The zero-order valence-electron chi connectivity index (χ0n) is 24.5. The van der Waals surface area contributed by atoms with Crippen LogP contribution in [0.25, 0.3) is 0 Å². The van der Waals surface area contributed by atoms with E-state index in [0.717, 1.165) is 43.5 Å². The molecule has 0 aliphatic carbocycles. The number of hydrogen-bond acceptors (Lipinski definition) is 6. The highest BCUT2D eigenvalue weighted by atomic mass is 32.2. The van der Waals surface area contributed by atoms with Gasteiger partial charge in [-0.2, -0.15) is 0 Å². The minimum Gasteiger partial charge on any atom is -0.508 e. The van der Waals surface area contributed by atoms with Crippen molar-refractivity contribution >= 4 is 23.6 Å². The number of aromatic hydroxyl groups is 1. The number of nitrogens with zero attached hydrogens (tertiary/aromatic N) is 1. The zero-order chi connectivity index (χ0) is 29.1. The molecule has 2 aromatic carbocycles. The number of β-amino-alcohol motifs (C(OH)–C–C–N with tert-alkyl or cyclic N) is 1. The Bertz CT molecular complexity index is 1090. The van der Waals surface area contributed by atoms with Crippen LogP contribution in [0, 0.1) is 6.92 Å². The number of amides is 2. The molecule has 3 unspecified atom stereocenters. The molecule has 2 amide bonds. The van der Waals surface area contributed by atoms with Crippen molar-refractivity contribution in [2.24, 2.45) is 0 Å². The Kier molecular flexibility index (Phi) is 12.3. The predicted octanol–water partition coefficient (Wildman–Crippen LogP) is 5.28. The lowest BCUT2D eigenvalue weighted by atomic mass is 9.99. The lowest BCUT2D eigenvalue weighted by molar-refractivity contribution is -0.129. The second-order valence-electron chi connectivity index (χ2n) is 11.9. The summed E-state index contributed by atoms with van der Waals surface area (Å²) in [6, 6.07) is 13.9. The van der Waals surface area contributed by atoms with Crippen molar-refractivity contribution < 1.29 is 19.8 Å². The van der Waals surface area contributed by atoms with Crippen LogP contribution in [0.4, 0.5) is 0 Å². The van der Waals surface area contributed by atoms with Crippen LogP contribution in [0.5, 0.6) is 5.75 Å². The molecule has 0 saturated carbocycles. The summed E-state index contributed by atoms with van der Waals surface area (Å²) in [5.41, 5.74) is 0.529. The van der Waals surface area contributed by atoms with Gasteiger partial charge in [-0.1, -0.05) is 56.4 Å². The Hall–Kier alpha value is -2.55. The van der Waals surface area contributed by atoms with Crippen LogP contribution in [0.1, 0.15) is 81.6 Å². The van der Waals surface area contributed by atoms with E-state index in [0.29, 0.717) is 16.9 Å². The summed E-state index contributed by atoms with van der Waals surface area (Å²) in [5, 5.41) is 28.0. The van der Waals surface area contributed by atoms with E-state index < -0.39 is 12.1 Å². The topological polar surface area (TPSA) is 102 Å². The van der Waals surface area contributed by atoms with Crippen LogP contribution in [-0.4, -0.2) is 69.5 Å². The Morgan fingerprint density at radius 3 is 2.38 bits per heavy atom. The van der Waals surface area contributed by atoms with Crippen molar-refractivity contribution in [3.8, 4) is 5.75 Å². The van der Waals surface area contributed by atoms with Gasteiger partial charge >= 0.3 is 0 Å². The largest absolute Gasteiger partial charge is 0.508 e. The second kappa shape index (κ2) is 15.5. The number of carbonyl (C=O) groups excluding carboxylic acids is 2. The van der Waals surface area contributed by atoms with Gasteiger partial charge in [0, 0.05) is 33.9 Å². The van der Waals surface area contributed by atoms with Crippen molar-refractivity contribution in [3.63, 3.8) is 0 Å². The molecule has 3 rings (SSSR count). The normalized spacial score (nSPS) is 18.9. The molecule has 1 aliphatic rings. The Morgan fingerprint density at radius 1 is 1.00 bits per heavy atom. The molecule has 7 nitrogen and oxygen atoms in total. The molecular formula is C32H47N3O4S. The highest BCUT2D eigenvalue weighted by Crippen LogP contribution is 2.23. The molecule has 4 N–H and O–H groups in total. The van der Waals surface area contributed by atoms with Crippen LogP contribution in [0.15, 0.2) is 53.4 Å². The summed E-state index contributed by atoms with van der Waals surface area (Å²) in [6.45, 7) is 8.66. The maximum Gasteiger partial charge on any atom is 0.252 e. The molecule has 8 heteroatoms. The third-order valence-corrected chi connectivity index (χ3v) is 8.47. The fraction of sp³-hybridized carbons (Fsp3) is 0.562. The maximum absolute atomic E-state index is 13.4. The molecule has 0 bridgehead atoms. The van der Waals surface area contributed by atoms with Crippen molar-refractivity contribution in [2.45, 2.75) is 101 Å². The van der Waals surface area contributed by atoms with Crippen LogP contribution >= 0.6 is 11.8 Å². The Labute approximate surface area is 244 Å². The predicted molar refractivity (Wildman–Crippen MR) is 163 cm³/mol. The van der Waals surface area contributed by atoms with Gasteiger partial charge in [-0.25, -0.2) is 0 Å². The fourth-order valence-corrected chi connectivity index (χ4v) is 6.13. The number of carbonyl (C=O) groups is 2. The number of aliphatic hydroxyl groups is 1. The van der Waals surface area contributed by atoms with Gasteiger partial charge in [-0.05, 0) is 71.3 Å². The van der Waals surface area contributed by atoms with E-state index in [-0.39, 0.29) is 35.7 Å². The van der Waals surface area contributed by atoms with Crippen molar-refractivity contribution in [3.05, 3.63) is 59.7 Å². The quantitative estimate of drug-likeness (QED) is 0.307. The number of rotatable bonds is 9. The third-order valence-electron chi connectivity index (χ3n) is 7.34. The number of phenolic OH excluding ortho intramolecular Hbond substituents is 1. The standard InChI is InChI=1S/C32H47N3O4S/c1-23-25(17-14-19-28(23)36)30(38)33-26(22-40-24-15-10-9-11-16-24)29(37)21-35-20-13-8-6-5-7-12-18-27(35)31(39)34-32(2,3)4/h9-11,14-17,19,26-27,29,36-37H,5-8,12-13,18,20-22H2,1-4H3,(H,33,38)(H,34,39). The SMILES string of the molecule is Cc1c(O)cccc1C(=O)NC(CSc1ccccc1)C(O)CN1CCCCCCCCC1C(=O)NC(C)(C)C. The van der Waals surface area contributed by atoms with Crippen LogP contribution in [-0.2, 0) is 4.79 Å². The van der Waals surface area contributed by atoms with Crippen LogP contribution < -0.4 is 10.6 Å². The lowest BCUT2D eigenvalue weighted by Crippen LogP contribution is -2.56. The van der Waals surface area contributed by atoms with Crippen molar-refractivity contribution in [1.29, 1.82) is 0 Å². The lowest BCUT2D eigenvalue weighted by Gasteiger charge is -2.36. The first kappa shape index (κ1) is 32.0. The van der Waals surface area contributed by atoms with Gasteiger partial charge in [-0.15, -0.1) is 11.8 Å². The van der Waals surface area contributed by atoms with Gasteiger partial charge in [0.2, 0.25) is 5.91 Å². The molecule has 40 heavy (non-hydrogen) atoms. The number of phenols is 1. The molecule has 1 heterocycles. The van der Waals surface area contributed by atoms with E-state index in [1.165, 1.54) is 12.8 Å². The fourth-order valence-electron chi connectivity index (χ4n) is 5.10. The van der Waals surface area contributed by atoms with Crippen molar-refractivity contribution in [1.82, 2.24) is 15.5 Å². The summed E-state index contributed by atoms with van der Waals surface area (Å²) in [7, 11) is 0. The molecule has 1 aliphatic heterocycles. The summed E-state index contributed by atoms with van der Waals surface area (Å²) in [5.74, 6) is 0.175. The molecule has 3 atom stereocenters. The van der Waals surface area contributed by atoms with Gasteiger partial charge in [0.05, 0.1) is 18.2 Å². The molecule has 220 valence electrons. The highest BCUT2D eigenvalue weighted by Gasteiger charge is 2.32. The first-order valence-electron chi connectivity index (χ1n) is 14.6. The number of thioether (sulfide) groups is 1. The molecule has 1 fully saturated rings. The molecular weight excluding hydrogens is 522 g/mol. The van der Waals surface area contributed by atoms with Gasteiger partial charge < -0.3 is 20.8 Å². The molecule has 0 aromatic heterocycles.